The molecule has 2 aliphatic heterocycles. The van der Waals surface area contributed by atoms with Crippen molar-refractivity contribution in [3.63, 3.8) is 0 Å². The lowest BCUT2D eigenvalue weighted by Gasteiger charge is -2.37. The summed E-state index contributed by atoms with van der Waals surface area (Å²) in [5, 5.41) is 15.9. The van der Waals surface area contributed by atoms with Gasteiger partial charge in [-0.15, -0.1) is 5.10 Å². The lowest BCUT2D eigenvalue weighted by Crippen LogP contribution is -2.53. The Bertz CT molecular complexity index is 598. The van der Waals surface area contributed by atoms with Gasteiger partial charge in [0.05, 0.1) is 6.20 Å². The van der Waals surface area contributed by atoms with Gasteiger partial charge in [-0.05, 0) is 6.42 Å². The topological polar surface area (TPSA) is 109 Å². The number of nitrogens with zero attached hydrogens (tertiary/aromatic N) is 5. The molecule has 2 aliphatic rings. The van der Waals surface area contributed by atoms with Gasteiger partial charge in [0.15, 0.2) is 5.69 Å². The van der Waals surface area contributed by atoms with E-state index in [-0.39, 0.29) is 30.1 Å². The van der Waals surface area contributed by atoms with Gasteiger partial charge in [-0.2, -0.15) is 0 Å². The lowest BCUT2D eigenvalue weighted by molar-refractivity contribution is -0.139. The van der Waals surface area contributed by atoms with Crippen molar-refractivity contribution in [1.82, 2.24) is 24.8 Å². The van der Waals surface area contributed by atoms with Crippen LogP contribution in [0.2, 0.25) is 0 Å². The monoisotopic (exact) mass is 293 g/mol. The molecule has 1 aromatic rings. The zero-order valence-electron chi connectivity index (χ0n) is 11.3. The molecule has 1 aromatic heterocycles. The minimum Gasteiger partial charge on any atom is -0.476 e. The van der Waals surface area contributed by atoms with Crippen LogP contribution in [0, 0.1) is 0 Å². The minimum atomic E-state index is -1.17. The Morgan fingerprint density at radius 1 is 1.38 bits per heavy atom. The van der Waals surface area contributed by atoms with Crippen LogP contribution < -0.4 is 0 Å². The number of aromatic carboxylic acids is 1. The molecule has 0 aromatic carbocycles. The van der Waals surface area contributed by atoms with Crippen LogP contribution in [-0.2, 0) is 16.1 Å². The quantitative estimate of drug-likeness (QED) is 0.750. The van der Waals surface area contributed by atoms with Crippen molar-refractivity contribution in [3.05, 3.63) is 11.9 Å². The number of aromatic nitrogens is 3. The summed E-state index contributed by atoms with van der Waals surface area (Å²) in [6.45, 7) is 1.56. The third-order valence-electron chi connectivity index (χ3n) is 3.90. The number of amides is 2. The Hall–Kier alpha value is -2.45. The zero-order valence-corrected chi connectivity index (χ0v) is 11.3. The molecule has 0 bridgehead atoms. The van der Waals surface area contributed by atoms with E-state index in [2.05, 4.69) is 10.3 Å². The van der Waals surface area contributed by atoms with Gasteiger partial charge in [0.2, 0.25) is 11.8 Å². The highest BCUT2D eigenvalue weighted by Crippen LogP contribution is 2.22. The van der Waals surface area contributed by atoms with Gasteiger partial charge in [0.1, 0.15) is 6.54 Å². The average Bonchev–Trinajstić information content (AvgIpc) is 3.06. The van der Waals surface area contributed by atoms with Crippen molar-refractivity contribution in [2.75, 3.05) is 19.6 Å². The smallest absolute Gasteiger partial charge is 0.358 e. The molecule has 9 nitrogen and oxygen atoms in total. The predicted octanol–water partition coefficient (Wildman–Crippen LogP) is -1.19. The molecule has 1 unspecified atom stereocenters. The number of fused-ring (bicyclic) bond motifs is 1. The summed E-state index contributed by atoms with van der Waals surface area (Å²) in [4.78, 5) is 38.0. The van der Waals surface area contributed by atoms with E-state index in [4.69, 9.17) is 5.11 Å². The second-order valence-electron chi connectivity index (χ2n) is 5.23. The van der Waals surface area contributed by atoms with Gasteiger partial charge in [0.25, 0.3) is 0 Å². The first-order valence-corrected chi connectivity index (χ1v) is 6.75. The zero-order chi connectivity index (χ0) is 15.0. The Labute approximate surface area is 120 Å². The number of rotatable bonds is 3. The summed E-state index contributed by atoms with van der Waals surface area (Å²) in [6, 6.07) is 0.112. The van der Waals surface area contributed by atoms with Crippen molar-refractivity contribution in [1.29, 1.82) is 0 Å². The van der Waals surface area contributed by atoms with Crippen LogP contribution in [-0.4, -0.2) is 73.4 Å². The van der Waals surface area contributed by atoms with Crippen molar-refractivity contribution in [2.24, 2.45) is 0 Å². The molecule has 0 saturated carbocycles. The largest absolute Gasteiger partial charge is 0.476 e. The molecule has 1 atom stereocenters. The molecule has 2 amide bonds. The maximum absolute atomic E-state index is 12.2. The van der Waals surface area contributed by atoms with Crippen LogP contribution in [0.3, 0.4) is 0 Å². The van der Waals surface area contributed by atoms with E-state index in [1.54, 1.807) is 4.90 Å². The van der Waals surface area contributed by atoms with Gasteiger partial charge in [-0.3, -0.25) is 9.59 Å². The second-order valence-corrected chi connectivity index (χ2v) is 5.23. The number of carbonyl (C=O) groups is 3. The van der Waals surface area contributed by atoms with Crippen LogP contribution in [0.1, 0.15) is 23.3 Å². The Kier molecular flexibility index (Phi) is 3.32. The molecular weight excluding hydrogens is 278 g/mol. The molecule has 0 spiro atoms. The van der Waals surface area contributed by atoms with Crippen LogP contribution in [0.4, 0.5) is 0 Å². The van der Waals surface area contributed by atoms with Gasteiger partial charge < -0.3 is 14.9 Å². The normalized spacial score (nSPS) is 21.5. The minimum absolute atomic E-state index is 0.0407. The molecule has 0 aliphatic carbocycles. The molecule has 3 rings (SSSR count). The average molecular weight is 293 g/mol. The van der Waals surface area contributed by atoms with E-state index in [1.807, 2.05) is 4.90 Å². The van der Waals surface area contributed by atoms with Gasteiger partial charge >= 0.3 is 5.97 Å². The van der Waals surface area contributed by atoms with Crippen LogP contribution in [0.25, 0.3) is 0 Å². The Morgan fingerprint density at radius 3 is 2.90 bits per heavy atom. The third-order valence-corrected chi connectivity index (χ3v) is 3.90. The highest BCUT2D eigenvalue weighted by molar-refractivity contribution is 5.85. The number of carboxylic acid groups (broad SMARTS) is 1. The number of piperazine rings is 1. The van der Waals surface area contributed by atoms with E-state index in [9.17, 15) is 14.4 Å². The summed E-state index contributed by atoms with van der Waals surface area (Å²) in [7, 11) is 0. The summed E-state index contributed by atoms with van der Waals surface area (Å²) < 4.78 is 1.22. The van der Waals surface area contributed by atoms with Crippen LogP contribution >= 0.6 is 0 Å². The van der Waals surface area contributed by atoms with Gasteiger partial charge in [-0.25, -0.2) is 9.48 Å². The second kappa shape index (κ2) is 5.15. The van der Waals surface area contributed by atoms with Gasteiger partial charge in [-0.1, -0.05) is 5.21 Å². The molecular formula is C12H15N5O4. The summed E-state index contributed by atoms with van der Waals surface area (Å²) in [5.41, 5.74) is -0.186. The highest BCUT2D eigenvalue weighted by Gasteiger charge is 2.36. The molecule has 3 heterocycles. The van der Waals surface area contributed by atoms with Crippen LogP contribution in [0.15, 0.2) is 6.20 Å². The fourth-order valence-electron chi connectivity index (χ4n) is 2.80. The molecule has 2 saturated heterocycles. The maximum atomic E-state index is 12.2. The first kappa shape index (κ1) is 13.5. The van der Waals surface area contributed by atoms with E-state index in [0.29, 0.717) is 26.1 Å². The lowest BCUT2D eigenvalue weighted by atomic mass is 10.1. The van der Waals surface area contributed by atoms with E-state index >= 15 is 0 Å². The Balaban J connectivity index is 1.60. The molecule has 0 radical (unpaired) electrons. The predicted molar refractivity (Wildman–Crippen MR) is 68.3 cm³/mol. The Morgan fingerprint density at radius 2 is 2.19 bits per heavy atom. The van der Waals surface area contributed by atoms with E-state index in [0.717, 1.165) is 6.42 Å². The fourth-order valence-corrected chi connectivity index (χ4v) is 2.80. The van der Waals surface area contributed by atoms with Crippen molar-refractivity contribution >= 4 is 17.8 Å². The number of hydrogen-bond acceptors (Lipinski definition) is 5. The SMILES string of the molecule is O=C(O)c1cn(CC(=O)N2CCN3C(=O)CCC3C2)nn1. The molecule has 2 fully saturated rings. The molecule has 9 heteroatoms. The van der Waals surface area contributed by atoms with Crippen LogP contribution in [0.5, 0.6) is 0 Å². The highest BCUT2D eigenvalue weighted by atomic mass is 16.4. The summed E-state index contributed by atoms with van der Waals surface area (Å²) in [5.74, 6) is -1.16. The molecule has 112 valence electrons. The van der Waals surface area contributed by atoms with E-state index in [1.165, 1.54) is 10.9 Å². The molecule has 21 heavy (non-hydrogen) atoms. The molecule has 1 N–H and O–H groups in total. The van der Waals surface area contributed by atoms with Gasteiger partial charge in [0, 0.05) is 32.1 Å². The number of carbonyl (C=O) groups excluding carboxylic acids is 2. The first-order chi connectivity index (χ1) is 10.0. The van der Waals surface area contributed by atoms with Crippen molar-refractivity contribution in [2.45, 2.75) is 25.4 Å². The number of carboxylic acids is 1. The fraction of sp³-hybridized carbons (Fsp3) is 0.583. The number of hydrogen-bond donors (Lipinski definition) is 1. The maximum Gasteiger partial charge on any atom is 0.358 e. The summed E-state index contributed by atoms with van der Waals surface area (Å²) >= 11 is 0. The van der Waals surface area contributed by atoms with Crippen molar-refractivity contribution < 1.29 is 19.5 Å². The standard InChI is InChI=1S/C12H15N5O4/c18-10-2-1-8-5-15(3-4-17(8)10)11(19)7-16-6-9(12(20)21)13-14-16/h6,8H,1-5,7H2,(H,20,21). The third kappa shape index (κ3) is 2.58. The first-order valence-electron chi connectivity index (χ1n) is 6.75. The van der Waals surface area contributed by atoms with Crippen molar-refractivity contribution in [3.8, 4) is 0 Å². The van der Waals surface area contributed by atoms with E-state index < -0.39 is 5.97 Å². The summed E-state index contributed by atoms with van der Waals surface area (Å²) in [6.07, 6.45) is 2.57.